The van der Waals surface area contributed by atoms with Crippen LogP contribution in [0, 0.1) is 5.92 Å². The molecule has 1 aliphatic carbocycles. The Morgan fingerprint density at radius 1 is 0.952 bits per heavy atom. The first-order valence-corrected chi connectivity index (χ1v) is 9.00. The van der Waals surface area contributed by atoms with E-state index in [4.69, 9.17) is 5.73 Å². The average Bonchev–Trinajstić information content (AvgIpc) is 2.53. The topological polar surface area (TPSA) is 49.6 Å². The fourth-order valence-electron chi connectivity index (χ4n) is 3.64. The molecule has 0 aromatic carbocycles. The van der Waals surface area contributed by atoms with Crippen molar-refractivity contribution in [1.82, 2.24) is 9.80 Å². The third kappa shape index (κ3) is 5.95. The molecule has 0 radical (unpaired) electrons. The Kier molecular flexibility index (Phi) is 7.51. The number of hydrogen-bond acceptors (Lipinski definition) is 3. The molecule has 2 fully saturated rings. The zero-order valence-corrected chi connectivity index (χ0v) is 13.6. The van der Waals surface area contributed by atoms with Crippen molar-refractivity contribution in [1.29, 1.82) is 0 Å². The molecule has 0 aromatic rings. The first-order valence-electron chi connectivity index (χ1n) is 9.00. The molecule has 21 heavy (non-hydrogen) atoms. The van der Waals surface area contributed by atoms with Crippen LogP contribution in [-0.4, -0.2) is 55.0 Å². The highest BCUT2D eigenvalue weighted by Crippen LogP contribution is 2.27. The minimum atomic E-state index is 0.407. The van der Waals surface area contributed by atoms with Crippen molar-refractivity contribution < 1.29 is 4.79 Å². The number of carbonyl (C=O) groups is 1. The number of rotatable bonds is 7. The second kappa shape index (κ2) is 9.42. The normalized spacial score (nSPS) is 21.7. The molecule has 0 bridgehead atoms. The molecule has 0 spiro atoms. The van der Waals surface area contributed by atoms with Gasteiger partial charge in [0.15, 0.2) is 0 Å². The number of amides is 1. The molecule has 0 atom stereocenters. The summed E-state index contributed by atoms with van der Waals surface area (Å²) in [5.41, 5.74) is 5.52. The summed E-state index contributed by atoms with van der Waals surface area (Å²) in [5.74, 6) is 1.07. The van der Waals surface area contributed by atoms with Gasteiger partial charge in [0, 0.05) is 32.6 Å². The van der Waals surface area contributed by atoms with E-state index in [0.717, 1.165) is 45.6 Å². The summed E-state index contributed by atoms with van der Waals surface area (Å²) >= 11 is 0. The quantitative estimate of drug-likeness (QED) is 0.733. The van der Waals surface area contributed by atoms with Crippen molar-refractivity contribution in [2.75, 3.05) is 39.3 Å². The maximum atomic E-state index is 12.4. The minimum absolute atomic E-state index is 0.407. The van der Waals surface area contributed by atoms with Crippen LogP contribution in [0.1, 0.15) is 57.8 Å². The van der Waals surface area contributed by atoms with E-state index in [-0.39, 0.29) is 0 Å². The van der Waals surface area contributed by atoms with Gasteiger partial charge in [-0.05, 0) is 44.7 Å². The summed E-state index contributed by atoms with van der Waals surface area (Å²) in [5, 5.41) is 0. The zero-order valence-electron chi connectivity index (χ0n) is 13.6. The van der Waals surface area contributed by atoms with Gasteiger partial charge in [0.1, 0.15) is 0 Å². The molecule has 122 valence electrons. The summed E-state index contributed by atoms with van der Waals surface area (Å²) in [6, 6.07) is 0. The average molecular weight is 295 g/mol. The van der Waals surface area contributed by atoms with Crippen LogP contribution in [0.5, 0.6) is 0 Å². The van der Waals surface area contributed by atoms with E-state index in [9.17, 15) is 4.79 Å². The maximum absolute atomic E-state index is 12.4. The second-order valence-electron chi connectivity index (χ2n) is 6.78. The van der Waals surface area contributed by atoms with Gasteiger partial charge in [-0.25, -0.2) is 0 Å². The number of piperazine rings is 1. The minimum Gasteiger partial charge on any atom is -0.340 e. The highest BCUT2D eigenvalue weighted by molar-refractivity contribution is 5.76. The Morgan fingerprint density at radius 2 is 1.67 bits per heavy atom. The largest absolute Gasteiger partial charge is 0.340 e. The van der Waals surface area contributed by atoms with Gasteiger partial charge in [-0.15, -0.1) is 0 Å². The highest BCUT2D eigenvalue weighted by atomic mass is 16.2. The van der Waals surface area contributed by atoms with Crippen LogP contribution in [0.4, 0.5) is 0 Å². The molecule has 1 aliphatic heterocycles. The van der Waals surface area contributed by atoms with Crippen molar-refractivity contribution in [3.8, 4) is 0 Å². The molecule has 1 saturated carbocycles. The summed E-state index contributed by atoms with van der Waals surface area (Å²) < 4.78 is 0. The monoisotopic (exact) mass is 295 g/mol. The van der Waals surface area contributed by atoms with E-state index in [1.807, 2.05) is 0 Å². The lowest BCUT2D eigenvalue weighted by atomic mass is 9.86. The van der Waals surface area contributed by atoms with Gasteiger partial charge < -0.3 is 10.6 Å². The van der Waals surface area contributed by atoms with Crippen molar-refractivity contribution in [2.24, 2.45) is 11.7 Å². The zero-order chi connectivity index (χ0) is 14.9. The molecule has 1 amide bonds. The van der Waals surface area contributed by atoms with Crippen molar-refractivity contribution >= 4 is 5.91 Å². The van der Waals surface area contributed by atoms with E-state index in [0.29, 0.717) is 11.8 Å². The Hall–Kier alpha value is -0.610. The third-order valence-electron chi connectivity index (χ3n) is 5.09. The smallest absolute Gasteiger partial charge is 0.222 e. The van der Waals surface area contributed by atoms with Crippen LogP contribution >= 0.6 is 0 Å². The molecule has 4 nitrogen and oxygen atoms in total. The number of nitrogens with zero attached hydrogens (tertiary/aromatic N) is 2. The van der Waals surface area contributed by atoms with E-state index >= 15 is 0 Å². The molecule has 2 rings (SSSR count). The molecule has 1 heterocycles. The Balaban J connectivity index is 1.60. The Labute approximate surface area is 130 Å². The molecule has 4 heteroatoms. The highest BCUT2D eigenvalue weighted by Gasteiger charge is 2.24. The Bertz CT molecular complexity index is 294. The van der Waals surface area contributed by atoms with Gasteiger partial charge in [-0.2, -0.15) is 0 Å². The van der Waals surface area contributed by atoms with Gasteiger partial charge in [-0.3, -0.25) is 9.69 Å². The molecule has 2 aliphatic rings. The van der Waals surface area contributed by atoms with Crippen LogP contribution in [0.25, 0.3) is 0 Å². The summed E-state index contributed by atoms with van der Waals surface area (Å²) in [6.07, 6.45) is 11.0. The SMILES string of the molecule is NCCCCCN1CCN(C(=O)CC2CCCCC2)CC1. The number of unbranched alkanes of at least 4 members (excludes halogenated alkanes) is 2. The van der Waals surface area contributed by atoms with E-state index in [2.05, 4.69) is 9.80 Å². The molecule has 1 saturated heterocycles. The van der Waals surface area contributed by atoms with Crippen LogP contribution in [0.3, 0.4) is 0 Å². The summed E-state index contributed by atoms with van der Waals surface area (Å²) in [4.78, 5) is 17.0. The van der Waals surface area contributed by atoms with Crippen LogP contribution in [0.2, 0.25) is 0 Å². The maximum Gasteiger partial charge on any atom is 0.222 e. The van der Waals surface area contributed by atoms with Gasteiger partial charge in [0.25, 0.3) is 0 Å². The van der Waals surface area contributed by atoms with Crippen LogP contribution in [0.15, 0.2) is 0 Å². The first-order chi connectivity index (χ1) is 10.3. The van der Waals surface area contributed by atoms with Gasteiger partial charge in [-0.1, -0.05) is 25.7 Å². The first kappa shape index (κ1) is 16.8. The van der Waals surface area contributed by atoms with Gasteiger partial charge in [0.2, 0.25) is 5.91 Å². The summed E-state index contributed by atoms with van der Waals surface area (Å²) in [6.45, 7) is 5.96. The molecule has 0 unspecified atom stereocenters. The lowest BCUT2D eigenvalue weighted by molar-refractivity contribution is -0.134. The van der Waals surface area contributed by atoms with Crippen LogP contribution in [-0.2, 0) is 4.79 Å². The lowest BCUT2D eigenvalue weighted by Crippen LogP contribution is -2.49. The van der Waals surface area contributed by atoms with Crippen LogP contribution < -0.4 is 5.73 Å². The predicted octanol–water partition coefficient (Wildman–Crippen LogP) is 2.23. The number of carbonyl (C=O) groups excluding carboxylic acids is 1. The van der Waals surface area contributed by atoms with E-state index in [1.165, 1.54) is 51.5 Å². The third-order valence-corrected chi connectivity index (χ3v) is 5.09. The van der Waals surface area contributed by atoms with E-state index < -0.39 is 0 Å². The fraction of sp³-hybridized carbons (Fsp3) is 0.941. The number of nitrogens with two attached hydrogens (primary N) is 1. The lowest BCUT2D eigenvalue weighted by Gasteiger charge is -2.35. The second-order valence-corrected chi connectivity index (χ2v) is 6.78. The van der Waals surface area contributed by atoms with Gasteiger partial charge >= 0.3 is 0 Å². The molecule has 0 aromatic heterocycles. The van der Waals surface area contributed by atoms with Crippen molar-refractivity contribution in [2.45, 2.75) is 57.8 Å². The number of hydrogen-bond donors (Lipinski definition) is 1. The standard InChI is InChI=1S/C17H33N3O/c18-9-5-2-6-10-19-11-13-20(14-12-19)17(21)15-16-7-3-1-4-8-16/h16H,1-15,18H2. The van der Waals surface area contributed by atoms with E-state index in [1.54, 1.807) is 0 Å². The van der Waals surface area contributed by atoms with Crippen molar-refractivity contribution in [3.05, 3.63) is 0 Å². The fourth-order valence-corrected chi connectivity index (χ4v) is 3.64. The predicted molar refractivity (Wildman–Crippen MR) is 87.1 cm³/mol. The molecular formula is C17H33N3O. The summed E-state index contributed by atoms with van der Waals surface area (Å²) in [7, 11) is 0. The van der Waals surface area contributed by atoms with Crippen molar-refractivity contribution in [3.63, 3.8) is 0 Å². The Morgan fingerprint density at radius 3 is 2.33 bits per heavy atom. The molecular weight excluding hydrogens is 262 g/mol. The molecule has 2 N–H and O–H groups in total. The van der Waals surface area contributed by atoms with Gasteiger partial charge in [0.05, 0.1) is 0 Å².